The van der Waals surface area contributed by atoms with E-state index in [0.717, 1.165) is 0 Å². The lowest BCUT2D eigenvalue weighted by molar-refractivity contribution is -0.130. The van der Waals surface area contributed by atoms with Crippen LogP contribution in [0.1, 0.15) is 45.4 Å². The maximum Gasteiger partial charge on any atom is 0.233 e. The summed E-state index contributed by atoms with van der Waals surface area (Å²) < 4.78 is 17.6. The van der Waals surface area contributed by atoms with Gasteiger partial charge < -0.3 is 51.8 Å². The summed E-state index contributed by atoms with van der Waals surface area (Å²) in [4.78, 5) is 58.6. The molecule has 0 heterocycles. The summed E-state index contributed by atoms with van der Waals surface area (Å²) in [7, 11) is 3.37. The summed E-state index contributed by atoms with van der Waals surface area (Å²) in [5.41, 5.74) is 4.13. The number of primary amides is 1. The molecule has 15 nitrogen and oxygen atoms in total. The van der Waals surface area contributed by atoms with E-state index in [1.807, 2.05) is 0 Å². The van der Waals surface area contributed by atoms with Gasteiger partial charge >= 0.3 is 0 Å². The Hall–Kier alpha value is -2.85. The molecule has 0 aliphatic heterocycles. The fourth-order valence-electron chi connectivity index (χ4n) is 3.41. The Morgan fingerprint density at radius 1 is 0.634 bits per heavy atom. The van der Waals surface area contributed by atoms with Crippen molar-refractivity contribution in [2.75, 3.05) is 86.5 Å². The second kappa shape index (κ2) is 24.9. The standard InChI is InChI=1S/C26H51N7O8/c1-4-22(35)30-10-5-13-39-18-26(33-23(36)9-8-21(27)34,19-40-14-6-11-31-24(37)16-28-2)20-41-15-7-12-32-25(38)17-29-3/h28-29H,4-20H2,1-3H3,(H2,27,34)(H,30,35)(H,31,37)(H,32,38)(H,33,36). The number of nitrogens with one attached hydrogen (secondary N) is 6. The Morgan fingerprint density at radius 2 is 1.05 bits per heavy atom. The minimum Gasteiger partial charge on any atom is -0.379 e. The van der Waals surface area contributed by atoms with E-state index in [0.29, 0.717) is 65.1 Å². The predicted molar refractivity (Wildman–Crippen MR) is 153 cm³/mol. The van der Waals surface area contributed by atoms with Crippen LogP contribution in [0.2, 0.25) is 0 Å². The molecule has 5 amide bonds. The molecule has 0 aliphatic rings. The summed E-state index contributed by atoms with van der Waals surface area (Å²) in [6, 6.07) is 0. The Morgan fingerprint density at radius 3 is 1.41 bits per heavy atom. The average molecular weight is 590 g/mol. The van der Waals surface area contributed by atoms with Crippen molar-refractivity contribution in [1.29, 1.82) is 0 Å². The van der Waals surface area contributed by atoms with E-state index in [1.54, 1.807) is 21.0 Å². The van der Waals surface area contributed by atoms with Crippen LogP contribution in [-0.4, -0.2) is 122 Å². The number of hydrogen-bond donors (Lipinski definition) is 7. The number of amides is 5. The van der Waals surface area contributed by atoms with Crippen molar-refractivity contribution in [3.63, 3.8) is 0 Å². The van der Waals surface area contributed by atoms with Gasteiger partial charge in [-0.1, -0.05) is 6.92 Å². The number of nitrogens with two attached hydrogens (primary N) is 1. The number of carbonyl (C=O) groups excluding carboxylic acids is 5. The van der Waals surface area contributed by atoms with E-state index >= 15 is 0 Å². The van der Waals surface area contributed by atoms with Gasteiger partial charge in [-0.2, -0.15) is 0 Å². The summed E-state index contributed by atoms with van der Waals surface area (Å²) in [6.45, 7) is 4.59. The van der Waals surface area contributed by atoms with Gasteiger partial charge in [0.2, 0.25) is 29.5 Å². The monoisotopic (exact) mass is 589 g/mol. The molecule has 0 aromatic carbocycles. The third kappa shape index (κ3) is 22.5. The van der Waals surface area contributed by atoms with Crippen LogP contribution < -0.4 is 37.6 Å². The average Bonchev–Trinajstić information content (AvgIpc) is 2.93. The molecule has 0 aromatic heterocycles. The second-order valence-corrected chi connectivity index (χ2v) is 9.48. The second-order valence-electron chi connectivity index (χ2n) is 9.48. The van der Waals surface area contributed by atoms with Gasteiger partial charge in [-0.15, -0.1) is 0 Å². The van der Waals surface area contributed by atoms with E-state index in [2.05, 4.69) is 31.9 Å². The van der Waals surface area contributed by atoms with Crippen LogP contribution in [-0.2, 0) is 38.2 Å². The van der Waals surface area contributed by atoms with Crippen molar-refractivity contribution >= 4 is 29.5 Å². The van der Waals surface area contributed by atoms with Crippen LogP contribution in [0, 0.1) is 0 Å². The molecule has 0 rings (SSSR count). The highest BCUT2D eigenvalue weighted by molar-refractivity contribution is 5.83. The van der Waals surface area contributed by atoms with Crippen LogP contribution in [0.4, 0.5) is 0 Å². The van der Waals surface area contributed by atoms with Crippen molar-refractivity contribution in [1.82, 2.24) is 31.9 Å². The van der Waals surface area contributed by atoms with Crippen LogP contribution in [0.5, 0.6) is 0 Å². The normalized spacial score (nSPS) is 11.1. The van der Waals surface area contributed by atoms with Gasteiger partial charge in [0.25, 0.3) is 0 Å². The molecular formula is C26H51N7O8. The lowest BCUT2D eigenvalue weighted by atomic mass is 10.0. The Balaban J connectivity index is 5.16. The molecule has 15 heteroatoms. The zero-order valence-electron chi connectivity index (χ0n) is 24.9. The maximum absolute atomic E-state index is 12.7. The van der Waals surface area contributed by atoms with Crippen LogP contribution >= 0.6 is 0 Å². The van der Waals surface area contributed by atoms with Crippen molar-refractivity contribution in [2.24, 2.45) is 5.73 Å². The lowest BCUT2D eigenvalue weighted by Crippen LogP contribution is -2.58. The highest BCUT2D eigenvalue weighted by Crippen LogP contribution is 2.11. The summed E-state index contributed by atoms with van der Waals surface area (Å²) >= 11 is 0. The van der Waals surface area contributed by atoms with Gasteiger partial charge in [0.1, 0.15) is 5.54 Å². The van der Waals surface area contributed by atoms with Crippen molar-refractivity contribution < 1.29 is 38.2 Å². The van der Waals surface area contributed by atoms with E-state index in [4.69, 9.17) is 19.9 Å². The fraction of sp³-hybridized carbons (Fsp3) is 0.808. The molecule has 0 atom stereocenters. The third-order valence-electron chi connectivity index (χ3n) is 5.50. The van der Waals surface area contributed by atoms with Crippen LogP contribution in [0.25, 0.3) is 0 Å². The lowest BCUT2D eigenvalue weighted by Gasteiger charge is -2.34. The van der Waals surface area contributed by atoms with Gasteiger partial charge in [0.05, 0.1) is 32.9 Å². The summed E-state index contributed by atoms with van der Waals surface area (Å²) in [5.74, 6) is -1.30. The molecule has 8 N–H and O–H groups in total. The number of ether oxygens (including phenoxy) is 3. The molecule has 238 valence electrons. The van der Waals surface area contributed by atoms with Crippen molar-refractivity contribution in [3.05, 3.63) is 0 Å². The molecule has 0 saturated heterocycles. The Labute approximate surface area is 243 Å². The quantitative estimate of drug-likeness (QED) is 0.0502. The van der Waals surface area contributed by atoms with Gasteiger partial charge in [-0.25, -0.2) is 0 Å². The van der Waals surface area contributed by atoms with Gasteiger partial charge in [0.15, 0.2) is 0 Å². The van der Waals surface area contributed by atoms with Crippen LogP contribution in [0.15, 0.2) is 0 Å². The topological polar surface area (TPSA) is 211 Å². The number of rotatable bonds is 27. The van der Waals surface area contributed by atoms with E-state index in [1.165, 1.54) is 0 Å². The van der Waals surface area contributed by atoms with E-state index < -0.39 is 17.4 Å². The third-order valence-corrected chi connectivity index (χ3v) is 5.50. The highest BCUT2D eigenvalue weighted by Gasteiger charge is 2.33. The maximum atomic E-state index is 12.7. The summed E-state index contributed by atoms with van der Waals surface area (Å²) in [5, 5.41) is 16.8. The number of carbonyl (C=O) groups is 5. The zero-order valence-corrected chi connectivity index (χ0v) is 24.9. The van der Waals surface area contributed by atoms with Gasteiger partial charge in [-0.3, -0.25) is 24.0 Å². The molecule has 0 aliphatic carbocycles. The number of likely N-dealkylation sites (N-methyl/N-ethyl adjacent to an activating group) is 2. The number of hydrogen-bond acceptors (Lipinski definition) is 10. The van der Waals surface area contributed by atoms with Crippen LogP contribution in [0.3, 0.4) is 0 Å². The zero-order chi connectivity index (χ0) is 30.8. The minimum absolute atomic E-state index is 0.0469. The Kier molecular flexibility index (Phi) is 23.2. The molecule has 0 bridgehead atoms. The fourth-order valence-corrected chi connectivity index (χ4v) is 3.41. The Bertz CT molecular complexity index is 740. The first-order valence-electron chi connectivity index (χ1n) is 14.1. The molecule has 41 heavy (non-hydrogen) atoms. The van der Waals surface area contributed by atoms with Gasteiger partial charge in [-0.05, 0) is 33.4 Å². The first-order valence-corrected chi connectivity index (χ1v) is 14.1. The molecular weight excluding hydrogens is 538 g/mol. The molecule has 0 unspecified atom stereocenters. The molecule has 0 saturated carbocycles. The van der Waals surface area contributed by atoms with Crippen molar-refractivity contribution in [3.8, 4) is 0 Å². The first kappa shape index (κ1) is 38.1. The SMILES string of the molecule is CCC(=O)NCCCOCC(COCCCNC(=O)CNC)(COCCCNC(=O)CNC)NC(=O)CCC(N)=O. The highest BCUT2D eigenvalue weighted by atomic mass is 16.5. The minimum atomic E-state index is -1.08. The van der Waals surface area contributed by atoms with E-state index in [-0.39, 0.29) is 63.5 Å². The van der Waals surface area contributed by atoms with Gasteiger partial charge in [0, 0.05) is 58.7 Å². The predicted octanol–water partition coefficient (Wildman–Crippen LogP) is -2.48. The molecule has 0 fully saturated rings. The van der Waals surface area contributed by atoms with E-state index in [9.17, 15) is 24.0 Å². The summed E-state index contributed by atoms with van der Waals surface area (Å²) in [6.07, 6.45) is 1.85. The molecule has 0 aromatic rings. The largest absolute Gasteiger partial charge is 0.379 e. The smallest absolute Gasteiger partial charge is 0.233 e. The molecule has 0 radical (unpaired) electrons. The molecule has 0 spiro atoms. The van der Waals surface area contributed by atoms with Crippen molar-refractivity contribution in [2.45, 2.75) is 51.0 Å². The first-order chi connectivity index (χ1) is 19.7.